The zero-order valence-electron chi connectivity index (χ0n) is 21.2. The highest BCUT2D eigenvalue weighted by atomic mass is 19.1. The van der Waals surface area contributed by atoms with Crippen molar-refractivity contribution in [2.45, 2.75) is 66.2 Å². The average molecular weight is 477 g/mol. The number of hydrogen-bond donors (Lipinski definition) is 1. The number of fused-ring (bicyclic) bond motifs is 1. The number of nitrogens with one attached hydrogen (secondary N) is 1. The van der Waals surface area contributed by atoms with Crippen LogP contribution in [0.1, 0.15) is 63.2 Å². The van der Waals surface area contributed by atoms with Crippen molar-refractivity contribution in [3.05, 3.63) is 87.2 Å². The Morgan fingerprint density at radius 1 is 1.06 bits per heavy atom. The topological polar surface area (TPSA) is 79.7 Å². The van der Waals surface area contributed by atoms with Crippen LogP contribution in [0, 0.1) is 18.7 Å². The standard InChI is InChI=1S/C27H33FN6O/c1-17(2)24(25-30-31-32-34(25)27(4,5)6)33(15-19-8-10-22(28)11-9-19)16-21-14-20-13-18(3)7-12-23(20)29-26(21)35/h7-14,17,24H,15-16H2,1-6H3,(H,29,35)/t24-/m1/s1. The molecule has 2 aromatic heterocycles. The fourth-order valence-corrected chi connectivity index (χ4v) is 4.52. The van der Waals surface area contributed by atoms with E-state index < -0.39 is 0 Å². The van der Waals surface area contributed by atoms with Crippen LogP contribution in [-0.2, 0) is 18.6 Å². The van der Waals surface area contributed by atoms with Crippen LogP contribution in [-0.4, -0.2) is 30.1 Å². The lowest BCUT2D eigenvalue weighted by atomic mass is 9.98. The van der Waals surface area contributed by atoms with Crippen LogP contribution in [0.3, 0.4) is 0 Å². The molecular weight excluding hydrogens is 443 g/mol. The summed E-state index contributed by atoms with van der Waals surface area (Å²) in [5.41, 5.74) is 3.11. The minimum Gasteiger partial charge on any atom is -0.322 e. The zero-order chi connectivity index (χ0) is 25.3. The first-order valence-electron chi connectivity index (χ1n) is 11.9. The highest BCUT2D eigenvalue weighted by Gasteiger charge is 2.33. The normalized spacial score (nSPS) is 13.2. The molecule has 2 aromatic carbocycles. The molecule has 2 heterocycles. The van der Waals surface area contributed by atoms with Gasteiger partial charge in [-0.05, 0) is 85.3 Å². The number of benzene rings is 2. The number of aromatic nitrogens is 5. The van der Waals surface area contributed by atoms with E-state index >= 15 is 0 Å². The Labute approximate surface area is 205 Å². The molecule has 0 unspecified atom stereocenters. The van der Waals surface area contributed by atoms with Crippen LogP contribution in [0.25, 0.3) is 10.9 Å². The smallest absolute Gasteiger partial charge is 0.252 e. The fourth-order valence-electron chi connectivity index (χ4n) is 4.52. The Hall–Kier alpha value is -3.39. The van der Waals surface area contributed by atoms with E-state index in [9.17, 15) is 9.18 Å². The molecule has 0 spiro atoms. The van der Waals surface area contributed by atoms with Crippen molar-refractivity contribution in [3.8, 4) is 0 Å². The molecule has 4 rings (SSSR count). The Kier molecular flexibility index (Phi) is 6.85. The number of hydrogen-bond acceptors (Lipinski definition) is 5. The number of halogens is 1. The molecule has 4 aromatic rings. The van der Waals surface area contributed by atoms with E-state index in [2.05, 4.69) is 66.1 Å². The maximum absolute atomic E-state index is 13.6. The average Bonchev–Trinajstić information content (AvgIpc) is 3.26. The summed E-state index contributed by atoms with van der Waals surface area (Å²) in [7, 11) is 0. The van der Waals surface area contributed by atoms with Gasteiger partial charge in [-0.15, -0.1) is 5.10 Å². The van der Waals surface area contributed by atoms with E-state index in [-0.39, 0.29) is 28.9 Å². The van der Waals surface area contributed by atoms with Crippen molar-refractivity contribution in [3.63, 3.8) is 0 Å². The summed E-state index contributed by atoms with van der Waals surface area (Å²) in [6.07, 6.45) is 0. The first-order chi connectivity index (χ1) is 16.5. The Morgan fingerprint density at radius 2 is 1.77 bits per heavy atom. The van der Waals surface area contributed by atoms with Crippen LogP contribution in [0.2, 0.25) is 0 Å². The Balaban J connectivity index is 1.81. The summed E-state index contributed by atoms with van der Waals surface area (Å²) in [5, 5.41) is 13.7. The first-order valence-corrected chi connectivity index (χ1v) is 11.9. The van der Waals surface area contributed by atoms with Crippen molar-refractivity contribution in [2.75, 3.05) is 0 Å². The number of H-pyrrole nitrogens is 1. The highest BCUT2D eigenvalue weighted by Crippen LogP contribution is 2.32. The number of aromatic amines is 1. The predicted molar refractivity (Wildman–Crippen MR) is 135 cm³/mol. The van der Waals surface area contributed by atoms with Gasteiger partial charge in [0, 0.05) is 24.2 Å². The van der Waals surface area contributed by atoms with Crippen LogP contribution in [0.15, 0.2) is 53.3 Å². The van der Waals surface area contributed by atoms with Crippen LogP contribution >= 0.6 is 0 Å². The van der Waals surface area contributed by atoms with Gasteiger partial charge in [-0.2, -0.15) is 0 Å². The van der Waals surface area contributed by atoms with E-state index in [0.717, 1.165) is 27.9 Å². The van der Waals surface area contributed by atoms with Crippen LogP contribution in [0.4, 0.5) is 4.39 Å². The highest BCUT2D eigenvalue weighted by molar-refractivity contribution is 5.79. The van der Waals surface area contributed by atoms with Gasteiger partial charge in [0.1, 0.15) is 5.82 Å². The lowest BCUT2D eigenvalue weighted by Crippen LogP contribution is -2.37. The number of nitrogens with zero attached hydrogens (tertiary/aromatic N) is 5. The number of tetrazole rings is 1. The molecule has 184 valence electrons. The summed E-state index contributed by atoms with van der Waals surface area (Å²) in [6.45, 7) is 13.4. The monoisotopic (exact) mass is 476 g/mol. The van der Waals surface area contributed by atoms with E-state index in [1.54, 1.807) is 12.1 Å². The molecule has 0 saturated heterocycles. The number of aryl methyl sites for hydroxylation is 1. The molecule has 0 radical (unpaired) electrons. The first kappa shape index (κ1) is 24.7. The largest absolute Gasteiger partial charge is 0.322 e. The summed E-state index contributed by atoms with van der Waals surface area (Å²) in [6, 6.07) is 14.2. The third kappa shape index (κ3) is 5.48. The van der Waals surface area contributed by atoms with Crippen molar-refractivity contribution in [1.29, 1.82) is 0 Å². The zero-order valence-corrected chi connectivity index (χ0v) is 21.2. The van der Waals surface area contributed by atoms with E-state index in [4.69, 9.17) is 0 Å². The van der Waals surface area contributed by atoms with Crippen LogP contribution in [0.5, 0.6) is 0 Å². The second-order valence-electron chi connectivity index (χ2n) is 10.6. The molecule has 8 heteroatoms. The molecule has 0 bridgehead atoms. The third-order valence-electron chi connectivity index (χ3n) is 6.17. The predicted octanol–water partition coefficient (Wildman–Crippen LogP) is 5.12. The minimum absolute atomic E-state index is 0.122. The Morgan fingerprint density at radius 3 is 2.43 bits per heavy atom. The molecule has 35 heavy (non-hydrogen) atoms. The van der Waals surface area contributed by atoms with Gasteiger partial charge in [0.25, 0.3) is 5.56 Å². The molecule has 0 saturated carbocycles. The molecule has 0 aliphatic rings. The quantitative estimate of drug-likeness (QED) is 0.401. The number of pyridine rings is 1. The molecular formula is C27H33FN6O. The number of rotatable bonds is 7. The minimum atomic E-state index is -0.314. The van der Waals surface area contributed by atoms with Gasteiger partial charge >= 0.3 is 0 Å². The molecule has 0 amide bonds. The maximum Gasteiger partial charge on any atom is 0.252 e. The van der Waals surface area contributed by atoms with E-state index in [1.165, 1.54) is 12.1 Å². The Bertz CT molecular complexity index is 1370. The fraction of sp³-hybridized carbons (Fsp3) is 0.407. The van der Waals surface area contributed by atoms with Gasteiger partial charge < -0.3 is 4.98 Å². The third-order valence-corrected chi connectivity index (χ3v) is 6.17. The molecule has 1 N–H and O–H groups in total. The second-order valence-corrected chi connectivity index (χ2v) is 10.6. The van der Waals surface area contributed by atoms with Gasteiger partial charge in [-0.1, -0.05) is 37.6 Å². The van der Waals surface area contributed by atoms with Crippen molar-refractivity contribution in [1.82, 2.24) is 30.1 Å². The van der Waals surface area contributed by atoms with E-state index in [0.29, 0.717) is 18.7 Å². The molecule has 1 atom stereocenters. The van der Waals surface area contributed by atoms with Gasteiger partial charge in [0.05, 0.1) is 11.6 Å². The van der Waals surface area contributed by atoms with Crippen LogP contribution < -0.4 is 5.56 Å². The van der Waals surface area contributed by atoms with Crippen molar-refractivity contribution < 1.29 is 4.39 Å². The summed E-state index contributed by atoms with van der Waals surface area (Å²) >= 11 is 0. The molecule has 0 fully saturated rings. The van der Waals surface area contributed by atoms with Gasteiger partial charge in [0.15, 0.2) is 5.82 Å². The second kappa shape index (κ2) is 9.70. The molecule has 0 aliphatic heterocycles. The van der Waals surface area contributed by atoms with Gasteiger partial charge in [-0.3, -0.25) is 9.69 Å². The summed E-state index contributed by atoms with van der Waals surface area (Å²) in [4.78, 5) is 18.3. The van der Waals surface area contributed by atoms with Gasteiger partial charge in [0.2, 0.25) is 0 Å². The molecule has 7 nitrogen and oxygen atoms in total. The van der Waals surface area contributed by atoms with Gasteiger partial charge in [-0.25, -0.2) is 9.07 Å². The lowest BCUT2D eigenvalue weighted by molar-refractivity contribution is 0.119. The molecule has 0 aliphatic carbocycles. The maximum atomic E-state index is 13.6. The van der Waals surface area contributed by atoms with Crippen molar-refractivity contribution in [2.24, 2.45) is 5.92 Å². The lowest BCUT2D eigenvalue weighted by Gasteiger charge is -2.35. The van der Waals surface area contributed by atoms with E-state index in [1.807, 2.05) is 29.8 Å². The summed E-state index contributed by atoms with van der Waals surface area (Å²) < 4.78 is 15.5. The SMILES string of the molecule is Cc1ccc2[nH]c(=O)c(CN(Cc3ccc(F)cc3)[C@@H](c3nnnn3C(C)(C)C)C(C)C)cc2c1. The summed E-state index contributed by atoms with van der Waals surface area (Å²) in [5.74, 6) is 0.603. The van der Waals surface area contributed by atoms with Crippen molar-refractivity contribution >= 4 is 10.9 Å².